The van der Waals surface area contributed by atoms with Crippen LogP contribution in [0.2, 0.25) is 0 Å². The minimum absolute atomic E-state index is 0.0000562. The molecule has 0 radical (unpaired) electrons. The molecule has 2 bridgehead atoms. The summed E-state index contributed by atoms with van der Waals surface area (Å²) in [5.41, 5.74) is -0.569. The summed E-state index contributed by atoms with van der Waals surface area (Å²) in [5, 5.41) is 14.8. The molecule has 5 heterocycles. The third-order valence-corrected chi connectivity index (χ3v) is 12.6. The number of anilines is 2. The highest BCUT2D eigenvalue weighted by Gasteiger charge is 2.49. The number of nitrogens with one attached hydrogen (secondary N) is 3. The van der Waals surface area contributed by atoms with Crippen molar-refractivity contribution in [3.63, 3.8) is 0 Å². The second-order valence-electron chi connectivity index (χ2n) is 12.6. The van der Waals surface area contributed by atoms with Gasteiger partial charge in [0.2, 0.25) is 11.9 Å². The van der Waals surface area contributed by atoms with Gasteiger partial charge in [-0.05, 0) is 24.6 Å². The maximum atomic E-state index is 14.4. The van der Waals surface area contributed by atoms with Gasteiger partial charge >= 0.3 is 13.5 Å². The van der Waals surface area contributed by atoms with Crippen molar-refractivity contribution in [3.05, 3.63) is 35.0 Å². The van der Waals surface area contributed by atoms with E-state index in [1.807, 2.05) is 6.07 Å². The molecule has 3 aromatic rings. The Kier molecular flexibility index (Phi) is 11.6. The Morgan fingerprint density at radius 2 is 2.08 bits per heavy atom. The number of ether oxygens (including phenoxy) is 1. The number of carbonyl (C=O) groups is 1. The Labute approximate surface area is 301 Å². The summed E-state index contributed by atoms with van der Waals surface area (Å²) in [6.07, 6.45) is 0.713. The van der Waals surface area contributed by atoms with Gasteiger partial charge in [-0.2, -0.15) is 10.2 Å². The third-order valence-electron chi connectivity index (χ3n) is 8.64. The highest BCUT2D eigenvalue weighted by molar-refractivity contribution is 8.44. The monoisotopic (exact) mass is 787 g/mol. The summed E-state index contributed by atoms with van der Waals surface area (Å²) < 4.78 is 66.3. The van der Waals surface area contributed by atoms with Crippen LogP contribution in [0.3, 0.4) is 0 Å². The molecule has 3 N–H and O–H groups in total. The molecule has 1 saturated carbocycles. The number of aromatic nitrogens is 6. The van der Waals surface area contributed by atoms with Crippen molar-refractivity contribution in [1.29, 1.82) is 5.26 Å². The summed E-state index contributed by atoms with van der Waals surface area (Å²) in [7, 11) is 0. The van der Waals surface area contributed by atoms with Gasteiger partial charge in [-0.25, -0.2) is 23.9 Å². The van der Waals surface area contributed by atoms with E-state index in [1.54, 1.807) is 20.8 Å². The summed E-state index contributed by atoms with van der Waals surface area (Å²) >= 11 is 10.2. The molecule has 51 heavy (non-hydrogen) atoms. The van der Waals surface area contributed by atoms with Gasteiger partial charge < -0.3 is 23.6 Å². The van der Waals surface area contributed by atoms with Crippen LogP contribution in [0.4, 0.5) is 16.2 Å². The number of nitrogens with zero attached hydrogens (tertiary/aromatic N) is 6. The lowest BCUT2D eigenvalue weighted by Gasteiger charge is -2.30. The lowest BCUT2D eigenvalue weighted by molar-refractivity contribution is -0.118. The van der Waals surface area contributed by atoms with Crippen molar-refractivity contribution >= 4 is 66.4 Å². The van der Waals surface area contributed by atoms with Crippen LogP contribution in [-0.4, -0.2) is 79.6 Å². The van der Waals surface area contributed by atoms with Crippen LogP contribution in [0.1, 0.15) is 46.3 Å². The number of hydrogen-bond donors (Lipinski definition) is 4. The predicted molar refractivity (Wildman–Crippen MR) is 186 cm³/mol. The van der Waals surface area contributed by atoms with E-state index in [4.69, 9.17) is 39.2 Å². The van der Waals surface area contributed by atoms with E-state index in [0.717, 1.165) is 6.20 Å². The van der Waals surface area contributed by atoms with Gasteiger partial charge in [0.05, 0.1) is 57.0 Å². The Bertz CT molecular complexity index is 1970. The van der Waals surface area contributed by atoms with E-state index >= 15 is 0 Å². The lowest BCUT2D eigenvalue weighted by atomic mass is 10.0. The number of carbonyl (C=O) groups excluding carboxylic acids is 1. The maximum Gasteiger partial charge on any atom is 0.386 e. The molecule has 0 aromatic carbocycles. The summed E-state index contributed by atoms with van der Waals surface area (Å²) in [6, 6.07) is 1.63. The van der Waals surface area contributed by atoms with E-state index < -0.39 is 61.3 Å². The van der Waals surface area contributed by atoms with Crippen molar-refractivity contribution < 1.29 is 41.1 Å². The number of aromatic amines is 1. The zero-order valence-electron chi connectivity index (χ0n) is 27.6. The van der Waals surface area contributed by atoms with Crippen LogP contribution in [0.25, 0.3) is 11.2 Å². The fourth-order valence-corrected chi connectivity index (χ4v) is 9.72. The molecule has 2 aliphatic heterocycles. The van der Waals surface area contributed by atoms with Crippen LogP contribution in [0, 0.1) is 34.9 Å². The quantitative estimate of drug-likeness (QED) is 0.143. The summed E-state index contributed by atoms with van der Waals surface area (Å²) in [6.45, 7) is -2.96. The van der Waals surface area contributed by atoms with Crippen LogP contribution < -0.4 is 16.2 Å². The Balaban J connectivity index is 1.32. The summed E-state index contributed by atoms with van der Waals surface area (Å²) in [4.78, 5) is 44.2. The van der Waals surface area contributed by atoms with Gasteiger partial charge in [-0.1, -0.05) is 33.0 Å². The number of hydrogen-bond acceptors (Lipinski definition) is 16. The van der Waals surface area contributed by atoms with Crippen LogP contribution in [-0.2, 0) is 48.5 Å². The standard InChI is InChI=1S/C28H36FN9O9P2S2/c1-14(2)25(39)36-28-35-24-21(26(40)37-28)33-13-38(24)27-22-15(3)20(45-27)11-43-48(41,50)46-19-8-17(34-23-18(29)9-31-12-32-23)7-16(19)10-44-49(51,47-22)42-6-4-5-30/h9,12-17,19-20,22,27H,4,6-8,10-11H2,1-3H3,(H,41,50)(H,31,32,34)(H2,35,36,37,39,40)/t15-,16-,17-,19+,20-,22-,27-,48?,49?/m1/s1. The molecule has 0 spiro atoms. The first kappa shape index (κ1) is 37.9. The van der Waals surface area contributed by atoms with Crippen LogP contribution in [0.15, 0.2) is 23.6 Å². The third kappa shape index (κ3) is 8.68. The molecule has 276 valence electrons. The van der Waals surface area contributed by atoms with Gasteiger partial charge in [-0.3, -0.25) is 33.5 Å². The number of imidazole rings is 1. The van der Waals surface area contributed by atoms with Gasteiger partial charge in [0, 0.05) is 23.8 Å². The minimum atomic E-state index is -4.02. The molecule has 23 heteroatoms. The molecular formula is C28H36FN9O9P2S2. The number of halogens is 1. The predicted octanol–water partition coefficient (Wildman–Crippen LogP) is 4.08. The topological polar surface area (TPSA) is 227 Å². The molecule has 18 nitrogen and oxygen atoms in total. The highest BCUT2D eigenvalue weighted by Crippen LogP contribution is 2.60. The molecule has 3 fully saturated rings. The fraction of sp³-hybridized carbons (Fsp3) is 0.607. The molecule has 2 saturated heterocycles. The number of fused-ring (bicyclic) bond motifs is 4. The second-order valence-corrected chi connectivity index (χ2v) is 18.4. The molecule has 3 aliphatic rings. The van der Waals surface area contributed by atoms with Crippen molar-refractivity contribution in [1.82, 2.24) is 29.5 Å². The number of amides is 1. The van der Waals surface area contributed by atoms with Crippen molar-refractivity contribution in [2.24, 2.45) is 17.8 Å². The van der Waals surface area contributed by atoms with Gasteiger partial charge in [0.15, 0.2) is 29.0 Å². The Hall–Kier alpha value is -2.89. The van der Waals surface area contributed by atoms with Crippen molar-refractivity contribution in [2.45, 2.75) is 70.6 Å². The Morgan fingerprint density at radius 3 is 2.82 bits per heavy atom. The second kappa shape index (κ2) is 15.6. The van der Waals surface area contributed by atoms with Crippen LogP contribution in [0.5, 0.6) is 0 Å². The molecule has 1 aliphatic carbocycles. The lowest BCUT2D eigenvalue weighted by Crippen LogP contribution is -2.29. The normalized spacial score (nSPS) is 32.8. The van der Waals surface area contributed by atoms with Crippen LogP contribution >= 0.6 is 25.8 Å². The summed E-state index contributed by atoms with van der Waals surface area (Å²) in [5.74, 6) is -2.48. The van der Waals surface area contributed by atoms with Crippen molar-refractivity contribution in [2.75, 3.05) is 30.5 Å². The fourth-order valence-electron chi connectivity index (χ4n) is 5.97. The highest BCUT2D eigenvalue weighted by atomic mass is 32.7. The zero-order chi connectivity index (χ0) is 36.5. The van der Waals surface area contributed by atoms with E-state index in [0.29, 0.717) is 6.42 Å². The maximum absolute atomic E-state index is 14.4. The number of thiol groups is 1. The van der Waals surface area contributed by atoms with Crippen molar-refractivity contribution in [3.8, 4) is 6.07 Å². The average molecular weight is 788 g/mol. The smallest absolute Gasteiger partial charge is 0.365 e. The Morgan fingerprint density at radius 1 is 1.27 bits per heavy atom. The molecule has 2 unspecified atom stereocenters. The van der Waals surface area contributed by atoms with E-state index in [1.165, 1.54) is 17.2 Å². The first-order valence-corrected chi connectivity index (χ1v) is 21.3. The molecule has 6 rings (SSSR count). The molecule has 9 atom stereocenters. The average Bonchev–Trinajstić information content (AvgIpc) is 3.75. The zero-order valence-corrected chi connectivity index (χ0v) is 31.1. The molecule has 1 amide bonds. The first-order valence-electron chi connectivity index (χ1n) is 16.0. The van der Waals surface area contributed by atoms with Gasteiger partial charge in [-0.15, -0.1) is 0 Å². The largest absolute Gasteiger partial charge is 0.386 e. The number of rotatable bonds is 8. The molecule has 3 aromatic heterocycles. The first-order chi connectivity index (χ1) is 24.3. The van der Waals surface area contributed by atoms with Gasteiger partial charge in [0.25, 0.3) is 5.56 Å². The van der Waals surface area contributed by atoms with E-state index in [9.17, 15) is 23.8 Å². The SMILES string of the molecule is CC(C)C(=O)Nc1nc2c(ncn2[C@@H]2O[C@@H]3COP(=O)(S)O[C@H]4C[C@H](Nc5ncncc5F)C[C@@H]4COP(=S)(OCCC#N)O[C@@H]2[C@@H]3C)c(=O)[nH]1. The minimum Gasteiger partial charge on any atom is -0.365 e. The number of H-pyrrole nitrogens is 1. The van der Waals surface area contributed by atoms with E-state index in [-0.39, 0.29) is 73.5 Å². The van der Waals surface area contributed by atoms with Gasteiger partial charge in [0.1, 0.15) is 12.4 Å². The van der Waals surface area contributed by atoms with E-state index in [2.05, 4.69) is 47.8 Å². The number of nitriles is 1. The molecular weight excluding hydrogens is 751 g/mol.